The van der Waals surface area contributed by atoms with Crippen LogP contribution in [-0.4, -0.2) is 40.6 Å². The number of aromatic nitrogens is 2. The summed E-state index contributed by atoms with van der Waals surface area (Å²) in [4.78, 5) is 13.0. The van der Waals surface area contributed by atoms with Gasteiger partial charge >= 0.3 is 6.09 Å². The van der Waals surface area contributed by atoms with Crippen molar-refractivity contribution in [3.8, 4) is 34.1 Å². The predicted octanol–water partition coefficient (Wildman–Crippen LogP) is 9.03. The number of benzene rings is 5. The fraction of sp³-hybridized carbons (Fsp3) is 0.143. The molecule has 1 amide bonds. The quantitative estimate of drug-likeness (QED) is 0.0908. The molecule has 5 aromatic carbocycles. The van der Waals surface area contributed by atoms with Crippen molar-refractivity contribution in [1.82, 2.24) is 9.78 Å². The van der Waals surface area contributed by atoms with Crippen molar-refractivity contribution in [3.05, 3.63) is 149 Å². The van der Waals surface area contributed by atoms with Gasteiger partial charge in [-0.25, -0.2) is 22.6 Å². The summed E-state index contributed by atoms with van der Waals surface area (Å²) in [6.45, 7) is 0.902. The van der Waals surface area contributed by atoms with Gasteiger partial charge in [0.1, 0.15) is 36.6 Å². The van der Waals surface area contributed by atoms with Gasteiger partial charge in [0, 0.05) is 22.7 Å². The molecule has 0 saturated heterocycles. The summed E-state index contributed by atoms with van der Waals surface area (Å²) < 4.78 is 58.7. The van der Waals surface area contributed by atoms with E-state index in [-0.39, 0.29) is 46.8 Å². The minimum absolute atomic E-state index is 0.0271. The van der Waals surface area contributed by atoms with Crippen molar-refractivity contribution < 1.29 is 37.3 Å². The van der Waals surface area contributed by atoms with Crippen molar-refractivity contribution in [2.75, 3.05) is 30.0 Å². The molecule has 0 fully saturated rings. The number of carbonyl (C=O) groups is 1. The van der Waals surface area contributed by atoms with E-state index in [9.17, 15) is 23.1 Å². The Morgan fingerprint density at radius 2 is 1.64 bits per heavy atom. The molecule has 280 valence electrons. The predicted molar refractivity (Wildman–Crippen MR) is 204 cm³/mol. The van der Waals surface area contributed by atoms with Crippen LogP contribution < -0.4 is 26.3 Å². The molecule has 1 aliphatic rings. The number of para-hydroxylation sites is 1. The first-order valence-corrected chi connectivity index (χ1v) is 17.3. The van der Waals surface area contributed by atoms with Gasteiger partial charge in [0.05, 0.1) is 17.6 Å². The molecule has 6 aromatic rings. The molecule has 0 radical (unpaired) electrons. The zero-order chi connectivity index (χ0) is 38.6. The lowest BCUT2D eigenvalue weighted by molar-refractivity contribution is 0.0822. The minimum Gasteiger partial charge on any atom is -0.485 e. The van der Waals surface area contributed by atoms with Crippen LogP contribution in [0.15, 0.2) is 115 Å². The number of amides is 1. The van der Waals surface area contributed by atoms with Crippen LogP contribution in [-0.2, 0) is 4.74 Å². The highest BCUT2D eigenvalue weighted by atomic mass is 19.3. The third-order valence-corrected chi connectivity index (χ3v) is 9.20. The van der Waals surface area contributed by atoms with Gasteiger partial charge in [-0.15, -0.1) is 0 Å². The summed E-state index contributed by atoms with van der Waals surface area (Å²) in [6, 6.07) is 29.7. The number of ether oxygens (including phenoxy) is 3. The molecule has 55 heavy (non-hydrogen) atoms. The number of fused-ring (bicyclic) bond motifs is 3. The number of nitrogens with two attached hydrogens (primary N) is 2. The lowest BCUT2D eigenvalue weighted by atomic mass is 9.98. The number of rotatable bonds is 12. The molecule has 0 saturated carbocycles. The molecule has 7 rings (SSSR count). The fourth-order valence-electron chi connectivity index (χ4n) is 6.54. The van der Waals surface area contributed by atoms with Crippen LogP contribution in [0.2, 0.25) is 0 Å². The van der Waals surface area contributed by atoms with Crippen LogP contribution in [0.5, 0.6) is 17.2 Å². The molecular weight excluding hydrogens is 711 g/mol. The number of nitrogens with zero attached hydrogens (tertiary/aromatic N) is 2. The zero-order valence-corrected chi connectivity index (χ0v) is 29.5. The second-order valence-corrected chi connectivity index (χ2v) is 12.8. The highest BCUT2D eigenvalue weighted by molar-refractivity contribution is 5.89. The SMILES string of the molecule is Cc1cc(Oc2ccccc2F)ccc1-n1ncc(C(O)/C=C/c2cc(OCC(F)F)c(NC(=O)OCC3c4ccccc4-c4ccccc43)cc2N)c1N. The van der Waals surface area contributed by atoms with Gasteiger partial charge in [0.25, 0.3) is 6.43 Å². The topological polar surface area (TPSA) is 147 Å². The lowest BCUT2D eigenvalue weighted by Crippen LogP contribution is -2.19. The molecule has 1 atom stereocenters. The van der Waals surface area contributed by atoms with Crippen LogP contribution in [0.3, 0.4) is 0 Å². The molecule has 13 heteroatoms. The molecule has 10 nitrogen and oxygen atoms in total. The first kappa shape index (κ1) is 36.6. The van der Waals surface area contributed by atoms with Crippen LogP contribution in [0.4, 0.5) is 35.2 Å². The number of nitrogen functional groups attached to an aromatic ring is 2. The Bertz CT molecular complexity index is 2350. The number of hydrogen-bond donors (Lipinski definition) is 4. The highest BCUT2D eigenvalue weighted by Crippen LogP contribution is 2.44. The number of nitrogens with one attached hydrogen (secondary N) is 1. The Hall–Kier alpha value is -6.73. The van der Waals surface area contributed by atoms with E-state index in [0.29, 0.717) is 17.0 Å². The van der Waals surface area contributed by atoms with E-state index in [2.05, 4.69) is 10.4 Å². The Morgan fingerprint density at radius 3 is 2.33 bits per heavy atom. The maximum absolute atomic E-state index is 14.1. The molecular formula is C42H36F3N5O5. The van der Waals surface area contributed by atoms with Crippen molar-refractivity contribution in [1.29, 1.82) is 0 Å². The van der Waals surface area contributed by atoms with E-state index in [1.54, 1.807) is 30.3 Å². The summed E-state index contributed by atoms with van der Waals surface area (Å²) in [5, 5.41) is 18.0. The van der Waals surface area contributed by atoms with Crippen molar-refractivity contribution in [2.45, 2.75) is 25.4 Å². The summed E-state index contributed by atoms with van der Waals surface area (Å²) in [5.74, 6) is -0.113. The Morgan fingerprint density at radius 1 is 0.945 bits per heavy atom. The second-order valence-electron chi connectivity index (χ2n) is 12.8. The molecule has 0 bridgehead atoms. The van der Waals surface area contributed by atoms with E-state index in [4.69, 9.17) is 25.7 Å². The number of carbonyl (C=O) groups excluding carboxylic acids is 1. The van der Waals surface area contributed by atoms with Gasteiger partial charge in [-0.05, 0) is 77.2 Å². The average Bonchev–Trinajstić information content (AvgIpc) is 3.71. The van der Waals surface area contributed by atoms with E-state index in [1.165, 1.54) is 47.3 Å². The van der Waals surface area contributed by atoms with Gasteiger partial charge in [0.15, 0.2) is 11.6 Å². The average molecular weight is 748 g/mol. The molecule has 1 heterocycles. The summed E-state index contributed by atoms with van der Waals surface area (Å²) in [6.07, 6.45) is -0.576. The van der Waals surface area contributed by atoms with Gasteiger partial charge in [0.2, 0.25) is 0 Å². The maximum atomic E-state index is 14.1. The number of aryl methyl sites for hydroxylation is 1. The molecule has 1 aromatic heterocycles. The van der Waals surface area contributed by atoms with Crippen LogP contribution in [0.25, 0.3) is 22.9 Å². The number of halogens is 3. The fourth-order valence-corrected chi connectivity index (χ4v) is 6.54. The first-order valence-electron chi connectivity index (χ1n) is 17.3. The molecule has 0 spiro atoms. The van der Waals surface area contributed by atoms with E-state index >= 15 is 0 Å². The first-order chi connectivity index (χ1) is 26.6. The normalized spacial score (nSPS) is 12.8. The van der Waals surface area contributed by atoms with Crippen LogP contribution >= 0.6 is 0 Å². The second kappa shape index (κ2) is 15.7. The summed E-state index contributed by atoms with van der Waals surface area (Å²) in [7, 11) is 0. The van der Waals surface area contributed by atoms with Gasteiger partial charge in [-0.1, -0.05) is 72.8 Å². The number of aliphatic hydroxyl groups excluding tert-OH is 1. The summed E-state index contributed by atoms with van der Waals surface area (Å²) >= 11 is 0. The smallest absolute Gasteiger partial charge is 0.411 e. The standard InChI is InChI=1S/C42H36F3N5O5/c1-24-18-26(55-38-13-7-6-12-33(38)43)15-16-36(24)50-41(47)31(21-48-50)37(51)17-14-25-19-39(53-23-40(44)45)35(20-34(25)46)49-42(52)54-22-32-29-10-4-2-8-27(29)28-9-3-5-11-30(28)32/h2-21,32,37,40,51H,22-23,46-47H2,1H3,(H,49,52)/b17-14+. The Balaban J connectivity index is 1.05. The van der Waals surface area contributed by atoms with Crippen molar-refractivity contribution >= 4 is 29.4 Å². The van der Waals surface area contributed by atoms with E-state index < -0.39 is 31.0 Å². The third-order valence-electron chi connectivity index (χ3n) is 9.20. The largest absolute Gasteiger partial charge is 0.485 e. The number of aliphatic hydroxyl groups is 1. The van der Waals surface area contributed by atoms with Gasteiger partial charge < -0.3 is 30.8 Å². The Labute approximate surface area is 314 Å². The van der Waals surface area contributed by atoms with Crippen LogP contribution in [0.1, 0.15) is 39.8 Å². The highest BCUT2D eigenvalue weighted by Gasteiger charge is 2.29. The number of alkyl halides is 2. The van der Waals surface area contributed by atoms with Gasteiger partial charge in [-0.2, -0.15) is 5.10 Å². The van der Waals surface area contributed by atoms with Crippen LogP contribution in [0, 0.1) is 12.7 Å². The van der Waals surface area contributed by atoms with Crippen molar-refractivity contribution in [3.63, 3.8) is 0 Å². The third kappa shape index (κ3) is 7.82. The summed E-state index contributed by atoms with van der Waals surface area (Å²) in [5.41, 5.74) is 19.0. The minimum atomic E-state index is -2.79. The zero-order valence-electron chi connectivity index (χ0n) is 29.5. The molecule has 1 aliphatic carbocycles. The lowest BCUT2D eigenvalue weighted by Gasteiger charge is -2.17. The van der Waals surface area contributed by atoms with Crippen molar-refractivity contribution in [2.24, 2.45) is 0 Å². The molecule has 6 N–H and O–H groups in total. The molecule has 0 aliphatic heterocycles. The Kier molecular flexibility index (Phi) is 10.5. The number of anilines is 3. The monoisotopic (exact) mass is 747 g/mol. The van der Waals surface area contributed by atoms with E-state index in [0.717, 1.165) is 27.8 Å². The maximum Gasteiger partial charge on any atom is 0.411 e. The van der Waals surface area contributed by atoms with E-state index in [1.807, 2.05) is 55.5 Å². The molecule has 1 unspecified atom stereocenters. The number of hydrogen-bond acceptors (Lipinski definition) is 8. The van der Waals surface area contributed by atoms with Gasteiger partial charge in [-0.3, -0.25) is 5.32 Å².